The summed E-state index contributed by atoms with van der Waals surface area (Å²) in [5.74, 6) is 0.101. The number of nitrogens with one attached hydrogen (secondary N) is 1. The number of hydrogen-bond acceptors (Lipinski definition) is 8. The van der Waals surface area contributed by atoms with E-state index in [4.69, 9.17) is 5.11 Å². The summed E-state index contributed by atoms with van der Waals surface area (Å²) in [5, 5.41) is 52.4. The van der Waals surface area contributed by atoms with Crippen molar-refractivity contribution in [3.63, 3.8) is 0 Å². The molecule has 9 nitrogen and oxygen atoms in total. The Hall–Kier alpha value is -1.17. The van der Waals surface area contributed by atoms with Gasteiger partial charge in [0.1, 0.15) is 12.4 Å². The van der Waals surface area contributed by atoms with Crippen LogP contribution in [0.15, 0.2) is 12.5 Å². The molecule has 0 bridgehead atoms. The standard InChI is InChI=1S/C20H33N3O6S/c1-10(4-12-7-23(9-21-12)19(28)29)22-11-5-13(20(2,3)6-11)18-17(27)16(26)15(25)14(8-24)30-18/h7,9-11,13-18,22,24-27H,4-6,8H2,1-3H3,(H,28,29)/t10-,11?,13?,14-,15+,16+,17-,18+/m1/s1. The number of hydrogen-bond donors (Lipinski definition) is 6. The van der Waals surface area contributed by atoms with E-state index in [1.54, 1.807) is 0 Å². The topological polar surface area (TPSA) is 148 Å². The Morgan fingerprint density at radius 1 is 1.33 bits per heavy atom. The molecule has 3 rings (SSSR count). The van der Waals surface area contributed by atoms with Crippen molar-refractivity contribution in [3.05, 3.63) is 18.2 Å². The van der Waals surface area contributed by atoms with Gasteiger partial charge in [0.05, 0.1) is 29.8 Å². The molecule has 2 heterocycles. The molecule has 1 aliphatic carbocycles. The third kappa shape index (κ3) is 4.84. The number of rotatable bonds is 6. The first-order valence-corrected chi connectivity index (χ1v) is 11.3. The predicted molar refractivity (Wildman–Crippen MR) is 113 cm³/mol. The molecule has 2 aliphatic rings. The molecular formula is C20H33N3O6S. The van der Waals surface area contributed by atoms with Gasteiger partial charge < -0.3 is 30.8 Å². The fourth-order valence-electron chi connectivity index (χ4n) is 5.01. The van der Waals surface area contributed by atoms with Gasteiger partial charge in [0.2, 0.25) is 0 Å². The Morgan fingerprint density at radius 3 is 2.63 bits per heavy atom. The van der Waals surface area contributed by atoms with Crippen molar-refractivity contribution in [1.29, 1.82) is 0 Å². The minimum atomic E-state index is -1.26. The molecule has 1 aliphatic heterocycles. The number of thioether (sulfide) groups is 1. The number of carbonyl (C=O) groups is 1. The second-order valence-corrected chi connectivity index (χ2v) is 10.8. The van der Waals surface area contributed by atoms with Crippen LogP contribution in [-0.4, -0.2) is 88.7 Å². The van der Waals surface area contributed by atoms with Gasteiger partial charge in [0.25, 0.3) is 0 Å². The van der Waals surface area contributed by atoms with Crippen molar-refractivity contribution in [2.75, 3.05) is 6.61 Å². The van der Waals surface area contributed by atoms with Gasteiger partial charge in [-0.15, -0.1) is 11.8 Å². The molecule has 1 aromatic rings. The highest BCUT2D eigenvalue weighted by Gasteiger charge is 2.52. The van der Waals surface area contributed by atoms with Crippen LogP contribution in [-0.2, 0) is 6.42 Å². The van der Waals surface area contributed by atoms with Gasteiger partial charge in [0, 0.05) is 30.0 Å². The van der Waals surface area contributed by atoms with E-state index in [0.717, 1.165) is 17.4 Å². The molecule has 30 heavy (non-hydrogen) atoms. The molecule has 0 spiro atoms. The maximum atomic E-state index is 11.0. The Kier molecular flexibility index (Phi) is 7.15. The Balaban J connectivity index is 1.63. The fraction of sp³-hybridized carbons (Fsp3) is 0.800. The van der Waals surface area contributed by atoms with Gasteiger partial charge >= 0.3 is 6.09 Å². The second-order valence-electron chi connectivity index (χ2n) is 9.35. The quantitative estimate of drug-likeness (QED) is 0.365. The molecule has 1 saturated heterocycles. The number of carboxylic acid groups (broad SMARTS) is 1. The molecule has 0 radical (unpaired) electrons. The van der Waals surface area contributed by atoms with E-state index >= 15 is 0 Å². The minimum absolute atomic E-state index is 0.0863. The van der Waals surface area contributed by atoms with E-state index in [0.29, 0.717) is 12.1 Å². The molecule has 0 aromatic carbocycles. The highest BCUT2D eigenvalue weighted by Crippen LogP contribution is 2.51. The highest BCUT2D eigenvalue weighted by atomic mass is 32.2. The largest absolute Gasteiger partial charge is 0.464 e. The molecule has 10 heteroatoms. The van der Waals surface area contributed by atoms with Gasteiger partial charge in [-0.05, 0) is 31.1 Å². The summed E-state index contributed by atoms with van der Waals surface area (Å²) in [6, 6.07) is 0.286. The van der Waals surface area contributed by atoms with Crippen molar-refractivity contribution in [1.82, 2.24) is 14.9 Å². The van der Waals surface area contributed by atoms with E-state index in [9.17, 15) is 25.2 Å². The number of nitrogens with zero attached hydrogens (tertiary/aromatic N) is 2. The molecular weight excluding hydrogens is 410 g/mol. The molecule has 1 saturated carbocycles. The van der Waals surface area contributed by atoms with Gasteiger partial charge in [-0.2, -0.15) is 0 Å². The maximum Gasteiger partial charge on any atom is 0.416 e. The maximum absolute atomic E-state index is 11.0. The molecule has 6 N–H and O–H groups in total. The first-order chi connectivity index (χ1) is 14.0. The summed E-state index contributed by atoms with van der Waals surface area (Å²) in [4.78, 5) is 15.1. The third-order valence-electron chi connectivity index (χ3n) is 6.53. The summed E-state index contributed by atoms with van der Waals surface area (Å²) in [6.45, 7) is 6.08. The molecule has 2 unspecified atom stereocenters. The van der Waals surface area contributed by atoms with Gasteiger partial charge in [-0.1, -0.05) is 13.8 Å². The van der Waals surface area contributed by atoms with Gasteiger partial charge in [0.15, 0.2) is 0 Å². The zero-order valence-electron chi connectivity index (χ0n) is 17.5. The Labute approximate surface area is 180 Å². The lowest BCUT2D eigenvalue weighted by molar-refractivity contribution is -0.0783. The average Bonchev–Trinajstić information content (AvgIpc) is 3.24. The summed E-state index contributed by atoms with van der Waals surface area (Å²) in [5.41, 5.74) is 0.607. The van der Waals surface area contributed by atoms with Gasteiger partial charge in [-0.3, -0.25) is 0 Å². The van der Waals surface area contributed by atoms with Crippen molar-refractivity contribution in [2.45, 2.75) is 80.9 Å². The van der Waals surface area contributed by atoms with Crippen LogP contribution in [0.25, 0.3) is 0 Å². The van der Waals surface area contributed by atoms with Crippen LogP contribution in [0.4, 0.5) is 4.79 Å². The average molecular weight is 444 g/mol. The summed E-state index contributed by atoms with van der Waals surface area (Å²) < 4.78 is 1.04. The third-order valence-corrected chi connectivity index (χ3v) is 8.23. The zero-order chi connectivity index (χ0) is 22.2. The zero-order valence-corrected chi connectivity index (χ0v) is 18.4. The van der Waals surface area contributed by atoms with Crippen molar-refractivity contribution in [3.8, 4) is 0 Å². The van der Waals surface area contributed by atoms with Crippen LogP contribution >= 0.6 is 11.8 Å². The van der Waals surface area contributed by atoms with E-state index in [1.807, 2.05) is 6.92 Å². The lowest BCUT2D eigenvalue weighted by atomic mass is 9.77. The molecule has 8 atom stereocenters. The molecule has 2 fully saturated rings. The lowest BCUT2D eigenvalue weighted by Gasteiger charge is -2.45. The van der Waals surface area contributed by atoms with Crippen molar-refractivity contribution >= 4 is 17.9 Å². The van der Waals surface area contributed by atoms with E-state index < -0.39 is 29.7 Å². The monoisotopic (exact) mass is 443 g/mol. The number of imidazole rings is 1. The highest BCUT2D eigenvalue weighted by molar-refractivity contribution is 8.00. The van der Waals surface area contributed by atoms with E-state index in [2.05, 4.69) is 24.1 Å². The first-order valence-electron chi connectivity index (χ1n) is 10.4. The summed E-state index contributed by atoms with van der Waals surface area (Å²) >= 11 is 1.37. The molecule has 1 aromatic heterocycles. The minimum Gasteiger partial charge on any atom is -0.464 e. The van der Waals surface area contributed by atoms with Crippen molar-refractivity contribution < 1.29 is 30.3 Å². The van der Waals surface area contributed by atoms with Crippen molar-refractivity contribution in [2.24, 2.45) is 11.3 Å². The number of aliphatic hydroxyl groups is 4. The fourth-order valence-corrected chi connectivity index (χ4v) is 6.82. The summed E-state index contributed by atoms with van der Waals surface area (Å²) in [6.07, 6.45) is 0.570. The van der Waals surface area contributed by atoms with Crippen LogP contribution < -0.4 is 5.32 Å². The van der Waals surface area contributed by atoms with Crippen LogP contribution in [0.3, 0.4) is 0 Å². The number of aromatic nitrogens is 2. The van der Waals surface area contributed by atoms with Crippen LogP contribution in [0.2, 0.25) is 0 Å². The molecule has 0 amide bonds. The van der Waals surface area contributed by atoms with Crippen LogP contribution in [0.1, 0.15) is 39.3 Å². The normalized spacial score (nSPS) is 37.2. The second kappa shape index (κ2) is 9.13. The number of aliphatic hydroxyl groups excluding tert-OH is 4. The lowest BCUT2D eigenvalue weighted by Crippen LogP contribution is -2.56. The van der Waals surface area contributed by atoms with Gasteiger partial charge in [-0.25, -0.2) is 14.3 Å². The smallest absolute Gasteiger partial charge is 0.416 e. The van der Waals surface area contributed by atoms with Crippen LogP contribution in [0.5, 0.6) is 0 Å². The van der Waals surface area contributed by atoms with E-state index in [-0.39, 0.29) is 35.3 Å². The summed E-state index contributed by atoms with van der Waals surface area (Å²) in [7, 11) is 0. The van der Waals surface area contributed by atoms with Crippen LogP contribution in [0, 0.1) is 11.3 Å². The Bertz CT molecular complexity index is 742. The predicted octanol–water partition coefficient (Wildman–Crippen LogP) is 0.294. The molecule has 170 valence electrons. The SMILES string of the molecule is C[C@H](Cc1cn(C(=O)O)cn1)NC1CC([C@@H]2S[C@H](CO)[C@H](O)[C@H](O)[C@H]2O)C(C)(C)C1. The first kappa shape index (κ1) is 23.5. The Morgan fingerprint density at radius 2 is 2.03 bits per heavy atom. The van der Waals surface area contributed by atoms with E-state index in [1.165, 1.54) is 24.3 Å².